The molecule has 2 aromatic rings. The van der Waals surface area contributed by atoms with Gasteiger partial charge in [-0.3, -0.25) is 0 Å². The Labute approximate surface area is 139 Å². The van der Waals surface area contributed by atoms with Crippen molar-refractivity contribution in [3.05, 3.63) is 70.3 Å². The Hall–Kier alpha value is -1.71. The first-order chi connectivity index (χ1) is 10.7. The van der Waals surface area contributed by atoms with Crippen LogP contribution in [0, 0.1) is 0 Å². The molecule has 0 aromatic heterocycles. The second-order valence-corrected chi connectivity index (χ2v) is 6.29. The Kier molecular flexibility index (Phi) is 4.55. The SMILES string of the molecule is CSc1ccc(/C(=C2\CCOC2=O)c2ccc(Cl)cc2)cc1. The zero-order valence-corrected chi connectivity index (χ0v) is 13.7. The van der Waals surface area contributed by atoms with E-state index >= 15 is 0 Å². The van der Waals surface area contributed by atoms with Crippen molar-refractivity contribution < 1.29 is 9.53 Å². The lowest BCUT2D eigenvalue weighted by atomic mass is 9.92. The highest BCUT2D eigenvalue weighted by Crippen LogP contribution is 2.33. The largest absolute Gasteiger partial charge is 0.462 e. The summed E-state index contributed by atoms with van der Waals surface area (Å²) in [6.07, 6.45) is 2.68. The van der Waals surface area contributed by atoms with Gasteiger partial charge in [-0.05, 0) is 47.2 Å². The van der Waals surface area contributed by atoms with Crippen molar-refractivity contribution in [3.63, 3.8) is 0 Å². The smallest absolute Gasteiger partial charge is 0.334 e. The summed E-state index contributed by atoms with van der Waals surface area (Å²) < 4.78 is 5.13. The summed E-state index contributed by atoms with van der Waals surface area (Å²) in [5.41, 5.74) is 3.68. The van der Waals surface area contributed by atoms with Gasteiger partial charge in [-0.1, -0.05) is 35.9 Å². The van der Waals surface area contributed by atoms with Gasteiger partial charge in [0.25, 0.3) is 0 Å². The molecule has 0 radical (unpaired) electrons. The van der Waals surface area contributed by atoms with Crippen LogP contribution < -0.4 is 0 Å². The lowest BCUT2D eigenvalue weighted by Gasteiger charge is -2.12. The van der Waals surface area contributed by atoms with Gasteiger partial charge in [-0.2, -0.15) is 0 Å². The van der Waals surface area contributed by atoms with E-state index in [1.165, 1.54) is 4.90 Å². The molecule has 3 rings (SSSR count). The van der Waals surface area contributed by atoms with Crippen molar-refractivity contribution in [1.29, 1.82) is 0 Å². The third kappa shape index (κ3) is 3.06. The Morgan fingerprint density at radius 2 is 1.64 bits per heavy atom. The number of rotatable bonds is 3. The summed E-state index contributed by atoms with van der Waals surface area (Å²) in [4.78, 5) is 13.2. The number of esters is 1. The molecule has 112 valence electrons. The van der Waals surface area contributed by atoms with Gasteiger partial charge in [0.05, 0.1) is 6.61 Å². The normalized spacial score (nSPS) is 16.5. The molecule has 1 fully saturated rings. The molecule has 0 atom stereocenters. The maximum atomic E-state index is 12.0. The van der Waals surface area contributed by atoms with E-state index in [4.69, 9.17) is 16.3 Å². The average molecular weight is 331 g/mol. The first-order valence-electron chi connectivity index (χ1n) is 6.99. The molecule has 0 saturated carbocycles. The van der Waals surface area contributed by atoms with E-state index in [2.05, 4.69) is 12.1 Å². The highest BCUT2D eigenvalue weighted by molar-refractivity contribution is 7.98. The van der Waals surface area contributed by atoms with Crippen LogP contribution in [0.4, 0.5) is 0 Å². The third-order valence-corrected chi connectivity index (χ3v) is 4.64. The van der Waals surface area contributed by atoms with Crippen LogP contribution in [0.15, 0.2) is 59.0 Å². The van der Waals surface area contributed by atoms with Crippen LogP contribution >= 0.6 is 23.4 Å². The van der Waals surface area contributed by atoms with E-state index in [1.54, 1.807) is 11.8 Å². The number of carbonyl (C=O) groups is 1. The monoisotopic (exact) mass is 330 g/mol. The number of cyclic esters (lactones) is 1. The lowest BCUT2D eigenvalue weighted by molar-refractivity contribution is -0.135. The topological polar surface area (TPSA) is 26.3 Å². The predicted molar refractivity (Wildman–Crippen MR) is 91.3 cm³/mol. The zero-order valence-electron chi connectivity index (χ0n) is 12.1. The second-order valence-electron chi connectivity index (χ2n) is 4.97. The second kappa shape index (κ2) is 6.59. The summed E-state index contributed by atoms with van der Waals surface area (Å²) in [5.74, 6) is -0.223. The van der Waals surface area contributed by atoms with E-state index in [-0.39, 0.29) is 5.97 Å². The Morgan fingerprint density at radius 3 is 2.14 bits per heavy atom. The van der Waals surface area contributed by atoms with Crippen LogP contribution in [0.1, 0.15) is 17.5 Å². The van der Waals surface area contributed by atoms with Gasteiger partial charge >= 0.3 is 5.97 Å². The van der Waals surface area contributed by atoms with E-state index < -0.39 is 0 Å². The van der Waals surface area contributed by atoms with Crippen LogP contribution in [0.5, 0.6) is 0 Å². The number of thioether (sulfide) groups is 1. The van der Waals surface area contributed by atoms with Crippen molar-refractivity contribution in [1.82, 2.24) is 0 Å². The fourth-order valence-electron chi connectivity index (χ4n) is 2.55. The van der Waals surface area contributed by atoms with E-state index in [0.29, 0.717) is 18.1 Å². The van der Waals surface area contributed by atoms with E-state index in [0.717, 1.165) is 22.3 Å². The van der Waals surface area contributed by atoms with Crippen LogP contribution in [-0.2, 0) is 9.53 Å². The minimum atomic E-state index is -0.223. The third-order valence-electron chi connectivity index (χ3n) is 3.64. The summed E-state index contributed by atoms with van der Waals surface area (Å²) in [7, 11) is 0. The number of ether oxygens (including phenoxy) is 1. The van der Waals surface area contributed by atoms with Crippen LogP contribution in [-0.4, -0.2) is 18.8 Å². The Balaban J connectivity index is 2.14. The summed E-state index contributed by atoms with van der Waals surface area (Å²) in [6, 6.07) is 15.8. The van der Waals surface area contributed by atoms with Crippen molar-refractivity contribution >= 4 is 34.9 Å². The molecule has 22 heavy (non-hydrogen) atoms. The summed E-state index contributed by atoms with van der Waals surface area (Å²) >= 11 is 7.67. The molecule has 0 spiro atoms. The quantitative estimate of drug-likeness (QED) is 0.459. The number of hydrogen-bond acceptors (Lipinski definition) is 3. The van der Waals surface area contributed by atoms with Gasteiger partial charge < -0.3 is 4.74 Å². The maximum Gasteiger partial charge on any atom is 0.334 e. The van der Waals surface area contributed by atoms with Crippen molar-refractivity contribution in [2.24, 2.45) is 0 Å². The summed E-state index contributed by atoms with van der Waals surface area (Å²) in [5, 5.41) is 0.680. The maximum absolute atomic E-state index is 12.0. The molecule has 4 heteroatoms. The summed E-state index contributed by atoms with van der Waals surface area (Å²) in [6.45, 7) is 0.453. The van der Waals surface area contributed by atoms with Gasteiger partial charge in [0.15, 0.2) is 0 Å². The van der Waals surface area contributed by atoms with Gasteiger partial charge in [0.2, 0.25) is 0 Å². The molecular weight excluding hydrogens is 316 g/mol. The lowest BCUT2D eigenvalue weighted by Crippen LogP contribution is -2.01. The van der Waals surface area contributed by atoms with Crippen LogP contribution in [0.25, 0.3) is 5.57 Å². The minimum absolute atomic E-state index is 0.223. The fraction of sp³-hybridized carbons (Fsp3) is 0.167. The molecule has 1 saturated heterocycles. The van der Waals surface area contributed by atoms with Crippen LogP contribution in [0.3, 0.4) is 0 Å². The molecule has 0 aliphatic carbocycles. The molecule has 2 aromatic carbocycles. The van der Waals surface area contributed by atoms with Gasteiger partial charge in [-0.15, -0.1) is 11.8 Å². The van der Waals surface area contributed by atoms with E-state index in [9.17, 15) is 4.79 Å². The number of halogens is 1. The predicted octanol–water partition coefficient (Wildman–Crippen LogP) is 4.81. The van der Waals surface area contributed by atoms with E-state index in [1.807, 2.05) is 42.7 Å². The zero-order chi connectivity index (χ0) is 15.5. The number of hydrogen-bond donors (Lipinski definition) is 0. The van der Waals surface area contributed by atoms with Crippen LogP contribution in [0.2, 0.25) is 5.02 Å². The number of carbonyl (C=O) groups excluding carboxylic acids is 1. The van der Waals surface area contributed by atoms with Crippen molar-refractivity contribution in [2.75, 3.05) is 12.9 Å². The molecule has 0 amide bonds. The number of benzene rings is 2. The highest BCUT2D eigenvalue weighted by Gasteiger charge is 2.24. The molecule has 1 aliphatic heterocycles. The average Bonchev–Trinajstić information content (AvgIpc) is 2.96. The first kappa shape index (κ1) is 15.2. The highest BCUT2D eigenvalue weighted by atomic mass is 35.5. The first-order valence-corrected chi connectivity index (χ1v) is 8.60. The fourth-order valence-corrected chi connectivity index (χ4v) is 3.09. The standard InChI is InChI=1S/C18H15ClO2S/c1-22-15-8-4-13(5-9-15)17(16-10-11-21-18(16)20)12-2-6-14(19)7-3-12/h2-9H,10-11H2,1H3/b17-16+. The molecule has 0 bridgehead atoms. The molecule has 0 N–H and O–H groups in total. The molecular formula is C18H15ClO2S. The van der Waals surface area contributed by atoms with Gasteiger partial charge in [0, 0.05) is 21.9 Å². The minimum Gasteiger partial charge on any atom is -0.462 e. The van der Waals surface area contributed by atoms with Crippen molar-refractivity contribution in [3.8, 4) is 0 Å². The van der Waals surface area contributed by atoms with Gasteiger partial charge in [0.1, 0.15) is 0 Å². The van der Waals surface area contributed by atoms with Gasteiger partial charge in [-0.25, -0.2) is 4.79 Å². The molecule has 0 unspecified atom stereocenters. The molecule has 1 aliphatic rings. The van der Waals surface area contributed by atoms with Crippen molar-refractivity contribution in [2.45, 2.75) is 11.3 Å². The molecule has 1 heterocycles. The molecule has 2 nitrogen and oxygen atoms in total. The Bertz CT molecular complexity index is 718. The Morgan fingerprint density at radius 1 is 1.05 bits per heavy atom.